The molecule has 0 spiro atoms. The zero-order chi connectivity index (χ0) is 15.1. The molecule has 0 aliphatic heterocycles. The molecule has 0 aromatic heterocycles. The molecule has 4 nitrogen and oxygen atoms in total. The van der Waals surface area contributed by atoms with Crippen LogP contribution in [0.3, 0.4) is 0 Å². The van der Waals surface area contributed by atoms with Crippen LogP contribution in [0.2, 0.25) is 0 Å². The lowest BCUT2D eigenvalue weighted by atomic mass is 9.80. The van der Waals surface area contributed by atoms with E-state index < -0.39 is 0 Å². The fourth-order valence-electron chi connectivity index (χ4n) is 3.72. The fraction of sp³-hybridized carbons (Fsp3) is 0.941. The van der Waals surface area contributed by atoms with Gasteiger partial charge < -0.3 is 15.8 Å². The maximum atomic E-state index is 12.2. The van der Waals surface area contributed by atoms with Crippen molar-refractivity contribution in [3.63, 3.8) is 0 Å². The molecule has 3 unspecified atom stereocenters. The minimum atomic E-state index is -0.340. The second-order valence-corrected chi connectivity index (χ2v) is 6.86. The smallest absolute Gasteiger partial charge is 0.249 e. The number of rotatable bonds is 6. The Morgan fingerprint density at radius 1 is 1.10 bits per heavy atom. The van der Waals surface area contributed by atoms with Gasteiger partial charge in [-0.1, -0.05) is 32.1 Å². The summed E-state index contributed by atoms with van der Waals surface area (Å²) in [5.41, 5.74) is 5.85. The van der Waals surface area contributed by atoms with E-state index in [9.17, 15) is 4.79 Å². The van der Waals surface area contributed by atoms with E-state index in [-0.39, 0.29) is 12.0 Å². The van der Waals surface area contributed by atoms with Gasteiger partial charge in [0.15, 0.2) is 0 Å². The summed E-state index contributed by atoms with van der Waals surface area (Å²) in [5.74, 6) is 1.17. The number of carbonyl (C=O) groups is 1. The molecule has 2 saturated carbocycles. The summed E-state index contributed by atoms with van der Waals surface area (Å²) in [5, 5.41) is 3.14. The summed E-state index contributed by atoms with van der Waals surface area (Å²) in [6.07, 6.45) is 10.6. The van der Waals surface area contributed by atoms with Crippen LogP contribution >= 0.6 is 0 Å². The maximum Gasteiger partial charge on any atom is 0.249 e. The van der Waals surface area contributed by atoms with E-state index in [4.69, 9.17) is 10.5 Å². The third kappa shape index (κ3) is 5.26. The molecule has 3 N–H and O–H groups in total. The van der Waals surface area contributed by atoms with Crippen LogP contribution in [-0.2, 0) is 9.53 Å². The summed E-state index contributed by atoms with van der Waals surface area (Å²) in [6.45, 7) is 3.30. The Kier molecular flexibility index (Phi) is 6.97. The molecular weight excluding hydrogens is 264 g/mol. The molecule has 122 valence electrons. The lowest BCUT2D eigenvalue weighted by molar-refractivity contribution is -0.134. The quantitative estimate of drug-likeness (QED) is 0.792. The first-order valence-corrected chi connectivity index (χ1v) is 8.82. The van der Waals surface area contributed by atoms with Gasteiger partial charge >= 0.3 is 0 Å². The van der Waals surface area contributed by atoms with Gasteiger partial charge in [0.2, 0.25) is 5.91 Å². The van der Waals surface area contributed by atoms with Crippen LogP contribution in [0.25, 0.3) is 0 Å². The average molecular weight is 296 g/mol. The summed E-state index contributed by atoms with van der Waals surface area (Å²) in [7, 11) is 0. The SMILES string of the molecule is CC(OCC1CCCCC1CN)C(=O)NC1CCCCC1. The predicted octanol–water partition coefficient (Wildman–Crippen LogP) is 2.61. The highest BCUT2D eigenvalue weighted by atomic mass is 16.5. The molecule has 0 heterocycles. The van der Waals surface area contributed by atoms with Crippen molar-refractivity contribution in [2.24, 2.45) is 17.6 Å². The Balaban J connectivity index is 1.69. The van der Waals surface area contributed by atoms with Crippen molar-refractivity contribution < 1.29 is 9.53 Å². The lowest BCUT2D eigenvalue weighted by Crippen LogP contribution is -2.43. The molecule has 21 heavy (non-hydrogen) atoms. The van der Waals surface area contributed by atoms with E-state index in [2.05, 4.69) is 5.32 Å². The van der Waals surface area contributed by atoms with Crippen LogP contribution in [0.15, 0.2) is 0 Å². The molecule has 0 saturated heterocycles. The van der Waals surface area contributed by atoms with Gasteiger partial charge in [0.25, 0.3) is 0 Å². The second-order valence-electron chi connectivity index (χ2n) is 6.86. The van der Waals surface area contributed by atoms with E-state index in [1.807, 2.05) is 6.92 Å². The van der Waals surface area contributed by atoms with Crippen molar-refractivity contribution in [2.75, 3.05) is 13.2 Å². The summed E-state index contributed by atoms with van der Waals surface area (Å²) >= 11 is 0. The maximum absolute atomic E-state index is 12.2. The Morgan fingerprint density at radius 3 is 2.38 bits per heavy atom. The Labute approximate surface area is 129 Å². The van der Waals surface area contributed by atoms with E-state index in [1.54, 1.807) is 0 Å². The molecule has 0 aromatic carbocycles. The van der Waals surface area contributed by atoms with E-state index in [0.717, 1.165) is 19.4 Å². The van der Waals surface area contributed by atoms with Crippen LogP contribution in [0.1, 0.15) is 64.7 Å². The Bertz CT molecular complexity index is 316. The number of ether oxygens (including phenoxy) is 1. The van der Waals surface area contributed by atoms with Crippen molar-refractivity contribution in [1.29, 1.82) is 0 Å². The van der Waals surface area contributed by atoms with Crippen molar-refractivity contribution in [2.45, 2.75) is 76.9 Å². The van der Waals surface area contributed by atoms with Crippen molar-refractivity contribution in [1.82, 2.24) is 5.32 Å². The molecule has 3 atom stereocenters. The number of amides is 1. The van der Waals surface area contributed by atoms with Gasteiger partial charge in [-0.15, -0.1) is 0 Å². The zero-order valence-electron chi connectivity index (χ0n) is 13.5. The van der Waals surface area contributed by atoms with Crippen LogP contribution in [0.4, 0.5) is 0 Å². The van der Waals surface area contributed by atoms with Gasteiger partial charge in [-0.05, 0) is 51.0 Å². The number of nitrogens with one attached hydrogen (secondary N) is 1. The first-order valence-electron chi connectivity index (χ1n) is 8.82. The monoisotopic (exact) mass is 296 g/mol. The van der Waals surface area contributed by atoms with Crippen molar-refractivity contribution in [3.05, 3.63) is 0 Å². The topological polar surface area (TPSA) is 64.3 Å². The number of hydrogen-bond acceptors (Lipinski definition) is 3. The molecule has 2 aliphatic rings. The Hall–Kier alpha value is -0.610. The minimum absolute atomic E-state index is 0.0574. The Morgan fingerprint density at radius 2 is 1.71 bits per heavy atom. The molecule has 0 radical (unpaired) electrons. The average Bonchev–Trinajstić information content (AvgIpc) is 2.53. The molecule has 4 heteroatoms. The van der Waals surface area contributed by atoms with Crippen molar-refractivity contribution >= 4 is 5.91 Å². The fourth-order valence-corrected chi connectivity index (χ4v) is 3.72. The third-order valence-corrected chi connectivity index (χ3v) is 5.25. The molecular formula is C17H32N2O2. The summed E-state index contributed by atoms with van der Waals surface area (Å²) in [6, 6.07) is 0.365. The second kappa shape index (κ2) is 8.74. The minimum Gasteiger partial charge on any atom is -0.368 e. The van der Waals surface area contributed by atoms with Crippen LogP contribution in [0, 0.1) is 11.8 Å². The zero-order valence-corrected chi connectivity index (χ0v) is 13.5. The standard InChI is InChI=1S/C17H32N2O2/c1-13(17(20)19-16-9-3-2-4-10-16)21-12-15-8-6-5-7-14(15)11-18/h13-16H,2-12,18H2,1H3,(H,19,20). The van der Waals surface area contributed by atoms with Gasteiger partial charge in [0.05, 0.1) is 6.61 Å². The van der Waals surface area contributed by atoms with Crippen LogP contribution in [0.5, 0.6) is 0 Å². The number of hydrogen-bond donors (Lipinski definition) is 2. The van der Waals surface area contributed by atoms with Gasteiger partial charge in [-0.2, -0.15) is 0 Å². The summed E-state index contributed by atoms with van der Waals surface area (Å²) in [4.78, 5) is 12.2. The normalized spacial score (nSPS) is 29.0. The molecule has 2 rings (SSSR count). The van der Waals surface area contributed by atoms with Crippen molar-refractivity contribution in [3.8, 4) is 0 Å². The van der Waals surface area contributed by atoms with Gasteiger partial charge in [0.1, 0.15) is 6.10 Å². The van der Waals surface area contributed by atoms with E-state index in [0.29, 0.717) is 24.5 Å². The van der Waals surface area contributed by atoms with Gasteiger partial charge in [-0.3, -0.25) is 4.79 Å². The van der Waals surface area contributed by atoms with Crippen LogP contribution < -0.4 is 11.1 Å². The van der Waals surface area contributed by atoms with E-state index >= 15 is 0 Å². The largest absolute Gasteiger partial charge is 0.368 e. The number of carbonyl (C=O) groups excluding carboxylic acids is 1. The first-order chi connectivity index (χ1) is 10.2. The summed E-state index contributed by atoms with van der Waals surface area (Å²) < 4.78 is 5.85. The first kappa shape index (κ1) is 16.8. The highest BCUT2D eigenvalue weighted by Crippen LogP contribution is 2.29. The molecule has 0 aromatic rings. The molecule has 0 bridgehead atoms. The predicted molar refractivity (Wildman–Crippen MR) is 84.9 cm³/mol. The number of nitrogens with two attached hydrogens (primary N) is 1. The van der Waals surface area contributed by atoms with E-state index in [1.165, 1.54) is 44.9 Å². The van der Waals surface area contributed by atoms with Crippen LogP contribution in [-0.4, -0.2) is 31.2 Å². The highest BCUT2D eigenvalue weighted by Gasteiger charge is 2.26. The molecule has 2 aliphatic carbocycles. The highest BCUT2D eigenvalue weighted by molar-refractivity contribution is 5.80. The van der Waals surface area contributed by atoms with Gasteiger partial charge in [-0.25, -0.2) is 0 Å². The molecule has 1 amide bonds. The molecule has 2 fully saturated rings. The third-order valence-electron chi connectivity index (χ3n) is 5.25. The van der Waals surface area contributed by atoms with Gasteiger partial charge in [0, 0.05) is 6.04 Å². The lowest BCUT2D eigenvalue weighted by Gasteiger charge is -2.31.